The van der Waals surface area contributed by atoms with E-state index in [2.05, 4.69) is 4.98 Å². The molecular weight excluding hydrogens is 222 g/mol. The number of aromatic nitrogens is 1. The molecule has 1 unspecified atom stereocenters. The second-order valence-electron chi connectivity index (χ2n) is 3.87. The third-order valence-electron chi connectivity index (χ3n) is 2.57. The Morgan fingerprint density at radius 2 is 1.82 bits per heavy atom. The lowest BCUT2D eigenvalue weighted by atomic mass is 10.0. The van der Waals surface area contributed by atoms with Crippen molar-refractivity contribution in [2.24, 2.45) is 5.73 Å². The minimum atomic E-state index is -0.893. The zero-order valence-corrected chi connectivity index (χ0v) is 9.32. The van der Waals surface area contributed by atoms with Crippen molar-refractivity contribution in [2.75, 3.05) is 0 Å². The van der Waals surface area contributed by atoms with Crippen molar-refractivity contribution in [3.63, 3.8) is 0 Å². The van der Waals surface area contributed by atoms with Crippen molar-refractivity contribution in [1.82, 2.24) is 4.98 Å². The van der Waals surface area contributed by atoms with Crippen LogP contribution in [0, 0.1) is 18.6 Å². The molecule has 1 aromatic heterocycles. The second kappa shape index (κ2) is 4.59. The average molecular weight is 234 g/mol. The number of pyridine rings is 1. The Hall–Kier alpha value is -1.81. The first-order valence-electron chi connectivity index (χ1n) is 5.21. The summed E-state index contributed by atoms with van der Waals surface area (Å²) in [6.45, 7) is 1.87. The molecule has 0 aliphatic rings. The van der Waals surface area contributed by atoms with E-state index in [1.54, 1.807) is 18.3 Å². The second-order valence-corrected chi connectivity index (χ2v) is 3.87. The predicted octanol–water partition coefficient (Wildman–Crippen LogP) is 2.72. The maximum absolute atomic E-state index is 13.5. The fourth-order valence-electron chi connectivity index (χ4n) is 1.69. The van der Waals surface area contributed by atoms with Crippen molar-refractivity contribution in [1.29, 1.82) is 0 Å². The van der Waals surface area contributed by atoms with Crippen LogP contribution in [0.1, 0.15) is 22.9 Å². The third kappa shape index (κ3) is 2.31. The highest BCUT2D eigenvalue weighted by atomic mass is 19.1. The molecule has 17 heavy (non-hydrogen) atoms. The van der Waals surface area contributed by atoms with Crippen LogP contribution in [0.4, 0.5) is 8.78 Å². The number of hydrogen-bond donors (Lipinski definition) is 1. The van der Waals surface area contributed by atoms with Crippen molar-refractivity contribution >= 4 is 0 Å². The number of rotatable bonds is 2. The Bertz CT molecular complexity index is 520. The highest BCUT2D eigenvalue weighted by molar-refractivity contribution is 5.31. The molecule has 0 bridgehead atoms. The predicted molar refractivity (Wildman–Crippen MR) is 61.4 cm³/mol. The van der Waals surface area contributed by atoms with Crippen molar-refractivity contribution < 1.29 is 8.78 Å². The largest absolute Gasteiger partial charge is 0.319 e. The minimum Gasteiger partial charge on any atom is -0.319 e. The summed E-state index contributed by atoms with van der Waals surface area (Å²) in [6, 6.07) is 6.31. The molecule has 0 fully saturated rings. The van der Waals surface area contributed by atoms with Crippen molar-refractivity contribution in [2.45, 2.75) is 13.0 Å². The van der Waals surface area contributed by atoms with Crippen LogP contribution in [0.25, 0.3) is 0 Å². The van der Waals surface area contributed by atoms with Gasteiger partial charge in [0.05, 0.1) is 11.7 Å². The van der Waals surface area contributed by atoms with E-state index in [1.165, 1.54) is 18.2 Å². The van der Waals surface area contributed by atoms with Gasteiger partial charge < -0.3 is 5.73 Å². The van der Waals surface area contributed by atoms with E-state index in [-0.39, 0.29) is 5.56 Å². The molecule has 2 aromatic rings. The van der Waals surface area contributed by atoms with Gasteiger partial charge in [-0.3, -0.25) is 4.98 Å². The molecule has 2 nitrogen and oxygen atoms in total. The molecule has 0 radical (unpaired) electrons. The van der Waals surface area contributed by atoms with Gasteiger partial charge in [-0.25, -0.2) is 8.78 Å². The molecule has 4 heteroatoms. The first-order valence-corrected chi connectivity index (χ1v) is 5.21. The Kier molecular flexibility index (Phi) is 3.15. The standard InChI is InChI=1S/C13H12F2N2/c1-8-5-6-17-11(7-8)13(16)12-9(14)3-2-4-10(12)15/h2-7,13H,16H2,1H3. The summed E-state index contributed by atoms with van der Waals surface area (Å²) in [5, 5.41) is 0. The third-order valence-corrected chi connectivity index (χ3v) is 2.57. The molecule has 0 saturated carbocycles. The molecule has 0 spiro atoms. The summed E-state index contributed by atoms with van der Waals surface area (Å²) in [5.41, 5.74) is 7.10. The molecular formula is C13H12F2N2. The molecule has 0 saturated heterocycles. The highest BCUT2D eigenvalue weighted by Crippen LogP contribution is 2.23. The maximum Gasteiger partial charge on any atom is 0.131 e. The van der Waals surface area contributed by atoms with Gasteiger partial charge in [0.15, 0.2) is 0 Å². The topological polar surface area (TPSA) is 38.9 Å². The van der Waals surface area contributed by atoms with E-state index in [4.69, 9.17) is 5.73 Å². The summed E-state index contributed by atoms with van der Waals surface area (Å²) in [6.07, 6.45) is 1.57. The molecule has 1 aromatic carbocycles. The van der Waals surface area contributed by atoms with Crippen LogP contribution in [0.2, 0.25) is 0 Å². The van der Waals surface area contributed by atoms with Crippen LogP contribution in [0.5, 0.6) is 0 Å². The number of halogens is 2. The lowest BCUT2D eigenvalue weighted by molar-refractivity contribution is 0.541. The van der Waals surface area contributed by atoms with E-state index in [1.807, 2.05) is 6.92 Å². The summed E-state index contributed by atoms with van der Waals surface area (Å²) in [4.78, 5) is 4.04. The first-order chi connectivity index (χ1) is 8.09. The monoisotopic (exact) mass is 234 g/mol. The number of nitrogens with zero attached hydrogens (tertiary/aromatic N) is 1. The number of hydrogen-bond acceptors (Lipinski definition) is 2. The number of aryl methyl sites for hydroxylation is 1. The summed E-state index contributed by atoms with van der Waals surface area (Å²) in [5.74, 6) is -1.30. The van der Waals surface area contributed by atoms with E-state index >= 15 is 0 Å². The van der Waals surface area contributed by atoms with Crippen LogP contribution in [-0.2, 0) is 0 Å². The molecule has 0 aliphatic carbocycles. The molecule has 2 rings (SSSR count). The quantitative estimate of drug-likeness (QED) is 0.867. The molecule has 2 N–H and O–H groups in total. The fourth-order valence-corrected chi connectivity index (χ4v) is 1.69. The van der Waals surface area contributed by atoms with Crippen LogP contribution < -0.4 is 5.73 Å². The van der Waals surface area contributed by atoms with Gasteiger partial charge in [0.1, 0.15) is 11.6 Å². The number of benzene rings is 1. The fraction of sp³-hybridized carbons (Fsp3) is 0.154. The first kappa shape index (κ1) is 11.7. The Labute approximate surface area is 98.1 Å². The van der Waals surface area contributed by atoms with Crippen molar-refractivity contribution in [3.05, 3.63) is 65.0 Å². The van der Waals surface area contributed by atoms with Crippen molar-refractivity contribution in [3.8, 4) is 0 Å². The molecule has 0 aliphatic heterocycles. The SMILES string of the molecule is Cc1ccnc(C(N)c2c(F)cccc2F)c1. The molecule has 1 atom stereocenters. The van der Waals surface area contributed by atoms with Gasteiger partial charge >= 0.3 is 0 Å². The Morgan fingerprint density at radius 1 is 1.18 bits per heavy atom. The van der Waals surface area contributed by atoms with Gasteiger partial charge in [0.25, 0.3) is 0 Å². The van der Waals surface area contributed by atoms with Gasteiger partial charge in [-0.15, -0.1) is 0 Å². The lowest BCUT2D eigenvalue weighted by Crippen LogP contribution is -2.17. The lowest BCUT2D eigenvalue weighted by Gasteiger charge is -2.13. The minimum absolute atomic E-state index is 0.148. The van der Waals surface area contributed by atoms with E-state index in [0.29, 0.717) is 5.69 Å². The number of nitrogens with two attached hydrogens (primary N) is 1. The summed E-state index contributed by atoms with van der Waals surface area (Å²) >= 11 is 0. The normalized spacial score (nSPS) is 12.5. The van der Waals surface area contributed by atoms with Crippen LogP contribution in [-0.4, -0.2) is 4.98 Å². The van der Waals surface area contributed by atoms with Gasteiger partial charge in [-0.2, -0.15) is 0 Å². The van der Waals surface area contributed by atoms with Gasteiger partial charge in [0, 0.05) is 11.8 Å². The van der Waals surface area contributed by atoms with E-state index < -0.39 is 17.7 Å². The maximum atomic E-state index is 13.5. The zero-order valence-electron chi connectivity index (χ0n) is 9.32. The van der Waals surface area contributed by atoms with E-state index in [0.717, 1.165) is 5.56 Å². The molecule has 1 heterocycles. The zero-order chi connectivity index (χ0) is 12.4. The van der Waals surface area contributed by atoms with Crippen LogP contribution in [0.3, 0.4) is 0 Å². The Morgan fingerprint density at radius 3 is 2.41 bits per heavy atom. The molecule has 0 amide bonds. The highest BCUT2D eigenvalue weighted by Gasteiger charge is 2.19. The average Bonchev–Trinajstić information content (AvgIpc) is 2.28. The molecule has 88 valence electrons. The van der Waals surface area contributed by atoms with Gasteiger partial charge in [-0.05, 0) is 36.8 Å². The van der Waals surface area contributed by atoms with Gasteiger partial charge in [0.2, 0.25) is 0 Å². The van der Waals surface area contributed by atoms with Crippen LogP contribution >= 0.6 is 0 Å². The summed E-state index contributed by atoms with van der Waals surface area (Å²) in [7, 11) is 0. The smallest absolute Gasteiger partial charge is 0.131 e. The van der Waals surface area contributed by atoms with Gasteiger partial charge in [-0.1, -0.05) is 6.07 Å². The van der Waals surface area contributed by atoms with E-state index in [9.17, 15) is 8.78 Å². The van der Waals surface area contributed by atoms with Crippen LogP contribution in [0.15, 0.2) is 36.5 Å². The summed E-state index contributed by atoms with van der Waals surface area (Å²) < 4.78 is 27.1. The Balaban J connectivity index is 2.47.